The molecule has 3 fully saturated rings. The third kappa shape index (κ3) is 4.53. The van der Waals surface area contributed by atoms with Crippen molar-refractivity contribution in [3.63, 3.8) is 0 Å². The number of amides is 3. The Morgan fingerprint density at radius 1 is 1.10 bits per heavy atom. The van der Waals surface area contributed by atoms with E-state index in [1.54, 1.807) is 9.80 Å². The van der Waals surface area contributed by atoms with Gasteiger partial charge >= 0.3 is 18.1 Å². The maximum absolute atomic E-state index is 12.8. The van der Waals surface area contributed by atoms with Crippen LogP contribution in [-0.4, -0.2) is 98.1 Å². The second kappa shape index (κ2) is 9.01. The number of hydrogen-bond acceptors (Lipinski definition) is 6. The van der Waals surface area contributed by atoms with Crippen LogP contribution in [0, 0.1) is 0 Å². The highest BCUT2D eigenvalue weighted by Crippen LogP contribution is 2.29. The fraction of sp³-hybridized carbons (Fsp3) is 0.571. The summed E-state index contributed by atoms with van der Waals surface area (Å²) in [5.41, 5.74) is 1.84. The van der Waals surface area contributed by atoms with Crippen LogP contribution in [0.3, 0.4) is 0 Å². The summed E-state index contributed by atoms with van der Waals surface area (Å²) in [6, 6.07) is 7.65. The van der Waals surface area contributed by atoms with E-state index in [0.29, 0.717) is 52.2 Å². The first-order valence-electron chi connectivity index (χ1n) is 10.6. The number of esters is 1. The molecule has 3 saturated heterocycles. The largest absolute Gasteiger partial charge is 0.469 e. The van der Waals surface area contributed by atoms with Crippen molar-refractivity contribution in [3.05, 3.63) is 24.3 Å². The number of hydrogen-bond donors (Lipinski definition) is 1. The van der Waals surface area contributed by atoms with E-state index in [2.05, 4.69) is 4.90 Å². The number of benzene rings is 1. The summed E-state index contributed by atoms with van der Waals surface area (Å²) >= 11 is 0. The van der Waals surface area contributed by atoms with Gasteiger partial charge < -0.3 is 29.3 Å². The number of anilines is 2. The van der Waals surface area contributed by atoms with Crippen molar-refractivity contribution in [2.75, 3.05) is 62.8 Å². The van der Waals surface area contributed by atoms with E-state index >= 15 is 0 Å². The van der Waals surface area contributed by atoms with Gasteiger partial charge in [0.2, 0.25) is 0 Å². The van der Waals surface area contributed by atoms with E-state index in [1.165, 1.54) is 12.0 Å². The molecular formula is C21H28N4O6. The average molecular weight is 432 g/mol. The molecular weight excluding hydrogens is 404 g/mol. The van der Waals surface area contributed by atoms with E-state index in [0.717, 1.165) is 17.9 Å². The lowest BCUT2D eigenvalue weighted by Gasteiger charge is -2.34. The van der Waals surface area contributed by atoms with Gasteiger partial charge in [-0.1, -0.05) is 0 Å². The zero-order valence-corrected chi connectivity index (χ0v) is 17.6. The Labute approximate surface area is 180 Å². The maximum atomic E-state index is 12.8. The molecule has 1 aromatic carbocycles. The number of methoxy groups -OCH3 is 1. The minimum absolute atomic E-state index is 0.0270. The molecule has 1 N–H and O–H groups in total. The van der Waals surface area contributed by atoms with Gasteiger partial charge in [-0.3, -0.25) is 9.69 Å². The number of piperazine rings is 1. The summed E-state index contributed by atoms with van der Waals surface area (Å²) in [6.45, 7) is 3.64. The van der Waals surface area contributed by atoms with Crippen molar-refractivity contribution < 1.29 is 29.0 Å². The highest BCUT2D eigenvalue weighted by Gasteiger charge is 2.42. The molecule has 31 heavy (non-hydrogen) atoms. The summed E-state index contributed by atoms with van der Waals surface area (Å²) in [6.07, 6.45) is -0.0121. The number of ether oxygens (including phenoxy) is 2. The molecule has 0 aromatic heterocycles. The topological polar surface area (TPSA) is 103 Å². The van der Waals surface area contributed by atoms with Gasteiger partial charge in [0, 0.05) is 57.1 Å². The predicted octanol–water partition coefficient (Wildman–Crippen LogP) is 1.45. The van der Waals surface area contributed by atoms with Crippen LogP contribution in [-0.2, 0) is 14.3 Å². The van der Waals surface area contributed by atoms with E-state index in [9.17, 15) is 19.5 Å². The zero-order valence-electron chi connectivity index (χ0n) is 17.6. The van der Waals surface area contributed by atoms with Crippen LogP contribution in [0.25, 0.3) is 0 Å². The summed E-state index contributed by atoms with van der Waals surface area (Å²) in [4.78, 5) is 42.5. The van der Waals surface area contributed by atoms with Crippen LogP contribution >= 0.6 is 0 Å². The molecule has 2 atom stereocenters. The highest BCUT2D eigenvalue weighted by atomic mass is 16.5. The minimum Gasteiger partial charge on any atom is -0.469 e. The SMILES string of the molecule is COC(=O)CC[C@@H]1CN(c2ccc(N3CC4CN(C(=O)O)CCN4C3=O)cc2)CCO1. The Morgan fingerprint density at radius 3 is 2.55 bits per heavy atom. The zero-order chi connectivity index (χ0) is 22.0. The van der Waals surface area contributed by atoms with Crippen molar-refractivity contribution in [2.24, 2.45) is 0 Å². The first-order valence-corrected chi connectivity index (χ1v) is 10.6. The molecule has 10 heteroatoms. The predicted molar refractivity (Wildman–Crippen MR) is 112 cm³/mol. The summed E-state index contributed by atoms with van der Waals surface area (Å²) < 4.78 is 10.5. The highest BCUT2D eigenvalue weighted by molar-refractivity contribution is 5.95. The lowest BCUT2D eigenvalue weighted by atomic mass is 10.1. The number of fused-ring (bicyclic) bond motifs is 1. The van der Waals surface area contributed by atoms with E-state index in [1.807, 2.05) is 24.3 Å². The second-order valence-corrected chi connectivity index (χ2v) is 8.04. The van der Waals surface area contributed by atoms with Gasteiger partial charge in [0.05, 0.1) is 25.9 Å². The first-order chi connectivity index (χ1) is 15.0. The lowest BCUT2D eigenvalue weighted by Crippen LogP contribution is -2.53. The molecule has 3 heterocycles. The quantitative estimate of drug-likeness (QED) is 0.703. The third-order valence-corrected chi connectivity index (χ3v) is 6.19. The number of nitrogens with zero attached hydrogens (tertiary/aromatic N) is 4. The number of morpholine rings is 1. The molecule has 3 aliphatic heterocycles. The number of rotatable bonds is 5. The Hall–Kier alpha value is -3.01. The average Bonchev–Trinajstić information content (AvgIpc) is 3.13. The lowest BCUT2D eigenvalue weighted by molar-refractivity contribution is -0.141. The molecule has 10 nitrogen and oxygen atoms in total. The molecule has 1 aromatic rings. The van der Waals surface area contributed by atoms with Crippen molar-refractivity contribution >= 4 is 29.5 Å². The number of carbonyl (C=O) groups excluding carboxylic acids is 2. The fourth-order valence-electron chi connectivity index (χ4n) is 4.45. The molecule has 0 saturated carbocycles. The molecule has 0 bridgehead atoms. The molecule has 3 aliphatic rings. The summed E-state index contributed by atoms with van der Waals surface area (Å²) in [5.74, 6) is -0.233. The molecule has 0 spiro atoms. The van der Waals surface area contributed by atoms with Gasteiger partial charge in [-0.25, -0.2) is 9.59 Å². The molecule has 4 rings (SSSR count). The Bertz CT molecular complexity index is 832. The summed E-state index contributed by atoms with van der Waals surface area (Å²) in [7, 11) is 1.39. The first kappa shape index (κ1) is 21.2. The number of urea groups is 1. The minimum atomic E-state index is -0.940. The van der Waals surface area contributed by atoms with Crippen molar-refractivity contribution in [1.29, 1.82) is 0 Å². The van der Waals surface area contributed by atoms with Gasteiger partial charge in [0.15, 0.2) is 0 Å². The van der Waals surface area contributed by atoms with Gasteiger partial charge in [-0.05, 0) is 30.7 Å². The van der Waals surface area contributed by atoms with Crippen LogP contribution in [0.1, 0.15) is 12.8 Å². The molecule has 0 aliphatic carbocycles. The van der Waals surface area contributed by atoms with Crippen LogP contribution in [0.15, 0.2) is 24.3 Å². The molecule has 1 unspecified atom stereocenters. The summed E-state index contributed by atoms with van der Waals surface area (Å²) in [5, 5.41) is 9.23. The smallest absolute Gasteiger partial charge is 0.407 e. The van der Waals surface area contributed by atoms with Crippen molar-refractivity contribution in [1.82, 2.24) is 9.80 Å². The van der Waals surface area contributed by atoms with Crippen LogP contribution < -0.4 is 9.80 Å². The number of carboxylic acid groups (broad SMARTS) is 1. The Balaban J connectivity index is 1.37. The second-order valence-electron chi connectivity index (χ2n) is 8.04. The number of carbonyl (C=O) groups is 3. The Morgan fingerprint density at radius 2 is 1.84 bits per heavy atom. The Kier molecular flexibility index (Phi) is 6.17. The van der Waals surface area contributed by atoms with Crippen LogP contribution in [0.5, 0.6) is 0 Å². The molecule has 0 radical (unpaired) electrons. The monoisotopic (exact) mass is 432 g/mol. The van der Waals surface area contributed by atoms with E-state index in [4.69, 9.17) is 9.47 Å². The van der Waals surface area contributed by atoms with Gasteiger partial charge in [0.1, 0.15) is 0 Å². The van der Waals surface area contributed by atoms with Gasteiger partial charge in [0.25, 0.3) is 0 Å². The molecule has 3 amide bonds. The van der Waals surface area contributed by atoms with Crippen LogP contribution in [0.4, 0.5) is 21.0 Å². The maximum Gasteiger partial charge on any atom is 0.407 e. The molecule has 168 valence electrons. The van der Waals surface area contributed by atoms with E-state index < -0.39 is 6.09 Å². The third-order valence-electron chi connectivity index (χ3n) is 6.19. The fourth-order valence-corrected chi connectivity index (χ4v) is 4.45. The van der Waals surface area contributed by atoms with Gasteiger partial charge in [-0.15, -0.1) is 0 Å². The van der Waals surface area contributed by atoms with Crippen molar-refractivity contribution in [2.45, 2.75) is 25.0 Å². The van der Waals surface area contributed by atoms with Crippen LogP contribution in [0.2, 0.25) is 0 Å². The van der Waals surface area contributed by atoms with Crippen molar-refractivity contribution in [3.8, 4) is 0 Å². The normalized spacial score (nSPS) is 23.7. The standard InChI is InChI=1S/C21H28N4O6/c1-30-19(26)7-6-18-14-22(10-11-31-18)15-2-4-16(5-3-15)25-13-17-12-23(21(28)29)8-9-24(17)20(25)27/h2-5,17-18H,6-14H2,1H3,(H,28,29)/t17?,18-/m1/s1. The van der Waals surface area contributed by atoms with E-state index in [-0.39, 0.29) is 24.1 Å². The van der Waals surface area contributed by atoms with Gasteiger partial charge in [-0.2, -0.15) is 0 Å².